The minimum atomic E-state index is -4.37. The lowest BCUT2D eigenvalue weighted by Gasteiger charge is -2.41. The van der Waals surface area contributed by atoms with Crippen LogP contribution in [0.2, 0.25) is 0 Å². The standard InChI is InChI=1S/C18H19F3N4O/c1-3-15(26)22-10-17(2)11-24(16-8-9-23-25(16)12-17)14-6-4-13(5-7-14)18(19,20)21/h3-9H,1,10-12H2,2H3,(H,22,26)/t17-/m0/s1. The fraction of sp³-hybridized carbons (Fsp3) is 0.333. The van der Waals surface area contributed by atoms with Crippen LogP contribution in [0.3, 0.4) is 0 Å². The molecule has 1 aliphatic heterocycles. The van der Waals surface area contributed by atoms with E-state index in [-0.39, 0.29) is 11.3 Å². The number of alkyl halides is 3. The molecular weight excluding hydrogens is 345 g/mol. The highest BCUT2D eigenvalue weighted by Gasteiger charge is 2.36. The van der Waals surface area contributed by atoms with Crippen LogP contribution in [-0.2, 0) is 17.5 Å². The molecule has 0 saturated carbocycles. The molecule has 0 spiro atoms. The number of carbonyl (C=O) groups is 1. The monoisotopic (exact) mass is 364 g/mol. The Hall–Kier alpha value is -2.77. The fourth-order valence-corrected chi connectivity index (χ4v) is 3.09. The van der Waals surface area contributed by atoms with Gasteiger partial charge in [0, 0.05) is 30.3 Å². The molecule has 0 bridgehead atoms. The molecule has 1 aromatic heterocycles. The van der Waals surface area contributed by atoms with Crippen molar-refractivity contribution in [3.8, 4) is 0 Å². The zero-order valence-corrected chi connectivity index (χ0v) is 14.3. The third-order valence-corrected chi connectivity index (χ3v) is 4.42. The van der Waals surface area contributed by atoms with Crippen molar-refractivity contribution in [1.82, 2.24) is 15.1 Å². The van der Waals surface area contributed by atoms with Crippen LogP contribution in [0.15, 0.2) is 49.2 Å². The molecule has 5 nitrogen and oxygen atoms in total. The summed E-state index contributed by atoms with van der Waals surface area (Å²) in [6.45, 7) is 6.95. The molecule has 0 saturated heterocycles. The van der Waals surface area contributed by atoms with Gasteiger partial charge in [-0.05, 0) is 30.3 Å². The summed E-state index contributed by atoms with van der Waals surface area (Å²) in [6, 6.07) is 6.87. The summed E-state index contributed by atoms with van der Waals surface area (Å²) < 4.78 is 40.2. The molecule has 0 unspecified atom stereocenters. The van der Waals surface area contributed by atoms with Gasteiger partial charge >= 0.3 is 6.18 Å². The Bertz CT molecular complexity index is 813. The summed E-state index contributed by atoms with van der Waals surface area (Å²) in [6.07, 6.45) is -1.51. The summed E-state index contributed by atoms with van der Waals surface area (Å²) >= 11 is 0. The number of hydrogen-bond donors (Lipinski definition) is 1. The van der Waals surface area contributed by atoms with Crippen LogP contribution in [0, 0.1) is 5.41 Å². The molecule has 1 aliphatic rings. The van der Waals surface area contributed by atoms with Crippen molar-refractivity contribution >= 4 is 17.4 Å². The van der Waals surface area contributed by atoms with Crippen LogP contribution in [-0.4, -0.2) is 28.8 Å². The number of fused-ring (bicyclic) bond motifs is 1. The van der Waals surface area contributed by atoms with Gasteiger partial charge in [0.25, 0.3) is 0 Å². The Morgan fingerprint density at radius 3 is 2.62 bits per heavy atom. The fourth-order valence-electron chi connectivity index (χ4n) is 3.09. The summed E-state index contributed by atoms with van der Waals surface area (Å²) in [4.78, 5) is 13.4. The predicted octanol–water partition coefficient (Wildman–Crippen LogP) is 3.36. The van der Waals surface area contributed by atoms with E-state index in [2.05, 4.69) is 17.0 Å². The van der Waals surface area contributed by atoms with Crippen LogP contribution in [0.25, 0.3) is 0 Å². The molecule has 1 aromatic carbocycles. The number of amides is 1. The molecule has 138 valence electrons. The summed E-state index contributed by atoms with van der Waals surface area (Å²) in [7, 11) is 0. The van der Waals surface area contributed by atoms with E-state index in [9.17, 15) is 18.0 Å². The molecule has 2 aromatic rings. The lowest BCUT2D eigenvalue weighted by molar-refractivity contribution is -0.137. The van der Waals surface area contributed by atoms with Gasteiger partial charge in [-0.15, -0.1) is 0 Å². The smallest absolute Gasteiger partial charge is 0.352 e. The van der Waals surface area contributed by atoms with E-state index >= 15 is 0 Å². The van der Waals surface area contributed by atoms with Gasteiger partial charge in [-0.25, -0.2) is 4.68 Å². The number of nitrogens with one attached hydrogen (secondary N) is 1. The van der Waals surface area contributed by atoms with E-state index in [0.29, 0.717) is 25.3 Å². The second-order valence-corrected chi connectivity index (χ2v) is 6.71. The summed E-state index contributed by atoms with van der Waals surface area (Å²) in [5.41, 5.74) is -0.395. The normalized spacial score (nSPS) is 19.8. The lowest BCUT2D eigenvalue weighted by atomic mass is 9.87. The molecule has 26 heavy (non-hydrogen) atoms. The lowest BCUT2D eigenvalue weighted by Crippen LogP contribution is -2.48. The first-order valence-electron chi connectivity index (χ1n) is 8.09. The Labute approximate surface area is 149 Å². The number of halogens is 3. The maximum absolute atomic E-state index is 12.8. The minimum Gasteiger partial charge on any atom is -0.352 e. The average molecular weight is 364 g/mol. The van der Waals surface area contributed by atoms with Crippen molar-refractivity contribution in [2.24, 2.45) is 5.41 Å². The van der Waals surface area contributed by atoms with Crippen LogP contribution < -0.4 is 10.2 Å². The third kappa shape index (κ3) is 3.58. The zero-order valence-electron chi connectivity index (χ0n) is 14.3. The molecule has 1 amide bonds. The van der Waals surface area contributed by atoms with E-state index in [1.165, 1.54) is 18.2 Å². The number of nitrogens with zero attached hydrogens (tertiary/aromatic N) is 3. The predicted molar refractivity (Wildman–Crippen MR) is 92.0 cm³/mol. The number of carbonyl (C=O) groups excluding carboxylic acids is 1. The highest BCUT2D eigenvalue weighted by Crippen LogP contribution is 2.37. The highest BCUT2D eigenvalue weighted by molar-refractivity contribution is 5.86. The van der Waals surface area contributed by atoms with Crippen molar-refractivity contribution in [2.75, 3.05) is 18.0 Å². The SMILES string of the molecule is C=CC(=O)NC[C@@]1(C)CN(c2ccc(C(F)(F)F)cc2)c2ccnn2C1. The Kier molecular flexibility index (Phi) is 4.52. The molecule has 1 atom stereocenters. The van der Waals surface area contributed by atoms with Crippen LogP contribution in [0.1, 0.15) is 12.5 Å². The Morgan fingerprint density at radius 1 is 1.31 bits per heavy atom. The van der Waals surface area contributed by atoms with Crippen LogP contribution in [0.5, 0.6) is 0 Å². The second-order valence-electron chi connectivity index (χ2n) is 6.71. The van der Waals surface area contributed by atoms with Gasteiger partial charge in [0.1, 0.15) is 5.82 Å². The Balaban J connectivity index is 1.89. The van der Waals surface area contributed by atoms with E-state index in [1.807, 2.05) is 17.9 Å². The van der Waals surface area contributed by atoms with Gasteiger partial charge < -0.3 is 10.2 Å². The number of anilines is 2. The quantitative estimate of drug-likeness (QED) is 0.847. The number of benzene rings is 1. The molecule has 0 fully saturated rings. The van der Waals surface area contributed by atoms with Gasteiger partial charge in [-0.1, -0.05) is 13.5 Å². The first-order chi connectivity index (χ1) is 12.2. The molecular formula is C18H19F3N4O. The summed E-state index contributed by atoms with van der Waals surface area (Å²) in [5, 5.41) is 7.09. The maximum atomic E-state index is 12.8. The highest BCUT2D eigenvalue weighted by atomic mass is 19.4. The van der Waals surface area contributed by atoms with Crippen LogP contribution in [0.4, 0.5) is 24.7 Å². The molecule has 1 N–H and O–H groups in total. The molecule has 3 rings (SSSR count). The maximum Gasteiger partial charge on any atom is 0.416 e. The summed E-state index contributed by atoms with van der Waals surface area (Å²) in [5.74, 6) is 0.538. The molecule has 8 heteroatoms. The van der Waals surface area contributed by atoms with Crippen molar-refractivity contribution in [3.63, 3.8) is 0 Å². The van der Waals surface area contributed by atoms with Gasteiger partial charge in [0.2, 0.25) is 5.91 Å². The van der Waals surface area contributed by atoms with E-state index in [4.69, 9.17) is 0 Å². The van der Waals surface area contributed by atoms with Crippen molar-refractivity contribution in [3.05, 3.63) is 54.7 Å². The van der Waals surface area contributed by atoms with Gasteiger partial charge in [0.15, 0.2) is 0 Å². The number of rotatable bonds is 4. The molecule has 0 aliphatic carbocycles. The molecule has 0 radical (unpaired) electrons. The molecule has 2 heterocycles. The van der Waals surface area contributed by atoms with Crippen molar-refractivity contribution in [1.29, 1.82) is 0 Å². The van der Waals surface area contributed by atoms with Crippen LogP contribution >= 0.6 is 0 Å². The third-order valence-electron chi connectivity index (χ3n) is 4.42. The van der Waals surface area contributed by atoms with Gasteiger partial charge in [-0.2, -0.15) is 18.3 Å². The van der Waals surface area contributed by atoms with E-state index in [0.717, 1.165) is 18.0 Å². The van der Waals surface area contributed by atoms with Crippen molar-refractivity contribution < 1.29 is 18.0 Å². The largest absolute Gasteiger partial charge is 0.416 e. The number of aromatic nitrogens is 2. The number of hydrogen-bond acceptors (Lipinski definition) is 3. The van der Waals surface area contributed by atoms with Gasteiger partial charge in [0.05, 0.1) is 18.3 Å². The minimum absolute atomic E-state index is 0.265. The topological polar surface area (TPSA) is 50.2 Å². The zero-order chi connectivity index (χ0) is 18.9. The van der Waals surface area contributed by atoms with Crippen molar-refractivity contribution in [2.45, 2.75) is 19.6 Å². The Morgan fingerprint density at radius 2 is 2.00 bits per heavy atom. The van der Waals surface area contributed by atoms with Gasteiger partial charge in [-0.3, -0.25) is 4.79 Å². The first-order valence-corrected chi connectivity index (χ1v) is 8.09. The average Bonchev–Trinajstić information content (AvgIpc) is 3.06. The first kappa shape index (κ1) is 18.0. The van der Waals surface area contributed by atoms with E-state index < -0.39 is 11.7 Å². The second kappa shape index (κ2) is 6.51. The van der Waals surface area contributed by atoms with E-state index in [1.54, 1.807) is 10.9 Å².